The monoisotopic (exact) mass is 438 g/mol. The third-order valence-corrected chi connectivity index (χ3v) is 6.54. The minimum Gasteiger partial charge on any atom is -0.461 e. The van der Waals surface area contributed by atoms with Crippen molar-refractivity contribution in [3.8, 4) is 0 Å². The Balaban J connectivity index is 1.40. The molecule has 0 radical (unpaired) electrons. The number of thiazole rings is 2. The molecule has 0 saturated carbocycles. The molecule has 0 spiro atoms. The smallest absolute Gasteiger partial charge is 0.357 e. The van der Waals surface area contributed by atoms with Crippen molar-refractivity contribution in [1.82, 2.24) is 20.2 Å². The molecule has 1 N–H and O–H groups in total. The van der Waals surface area contributed by atoms with E-state index in [1.165, 1.54) is 11.3 Å². The van der Waals surface area contributed by atoms with E-state index in [-0.39, 0.29) is 6.04 Å². The number of carbonyl (C=O) groups is 1. The first-order valence-corrected chi connectivity index (χ1v) is 11.2. The number of hydrogen-bond acceptors (Lipinski definition) is 10. The summed E-state index contributed by atoms with van der Waals surface area (Å²) in [5.41, 5.74) is 2.36. The fourth-order valence-electron chi connectivity index (χ4n) is 3.44. The summed E-state index contributed by atoms with van der Waals surface area (Å²) in [6.07, 6.45) is 0.813. The van der Waals surface area contributed by atoms with Gasteiger partial charge in [0.1, 0.15) is 0 Å². The van der Waals surface area contributed by atoms with Crippen LogP contribution in [-0.2, 0) is 11.2 Å². The van der Waals surface area contributed by atoms with Crippen molar-refractivity contribution in [2.75, 3.05) is 16.8 Å². The minimum atomic E-state index is -0.409. The Morgan fingerprint density at radius 1 is 1.30 bits per heavy atom. The molecule has 4 aromatic rings. The molecule has 1 aliphatic heterocycles. The largest absolute Gasteiger partial charge is 0.461 e. The molecule has 0 amide bonds. The molecule has 8 nitrogen and oxygen atoms in total. The van der Waals surface area contributed by atoms with Crippen LogP contribution in [-0.4, -0.2) is 38.8 Å². The molecule has 5 rings (SSSR count). The second kappa shape index (κ2) is 7.62. The van der Waals surface area contributed by atoms with Gasteiger partial charge in [-0.05, 0) is 38.5 Å². The van der Waals surface area contributed by atoms with Gasteiger partial charge in [-0.25, -0.2) is 14.8 Å². The Hall–Kier alpha value is -3.11. The Labute approximate surface area is 180 Å². The third-order valence-electron chi connectivity index (χ3n) is 4.75. The van der Waals surface area contributed by atoms with Crippen LogP contribution in [0.4, 0.5) is 21.9 Å². The van der Waals surface area contributed by atoms with Crippen LogP contribution in [0, 0.1) is 0 Å². The van der Waals surface area contributed by atoms with Gasteiger partial charge in [0.15, 0.2) is 27.6 Å². The van der Waals surface area contributed by atoms with E-state index in [0.29, 0.717) is 23.3 Å². The van der Waals surface area contributed by atoms with E-state index in [0.717, 1.165) is 33.2 Å². The summed E-state index contributed by atoms with van der Waals surface area (Å²) in [5.74, 6) is 1.02. The maximum absolute atomic E-state index is 11.9. The number of benzene rings is 1. The average Bonchev–Trinajstić information content (AvgIpc) is 3.43. The predicted molar refractivity (Wildman–Crippen MR) is 118 cm³/mol. The van der Waals surface area contributed by atoms with E-state index in [4.69, 9.17) is 4.74 Å². The molecule has 1 atom stereocenters. The summed E-state index contributed by atoms with van der Waals surface area (Å²) < 4.78 is 6.16. The lowest BCUT2D eigenvalue weighted by Crippen LogP contribution is -2.24. The lowest BCUT2D eigenvalue weighted by atomic mass is 10.2. The molecule has 4 heterocycles. The SMILES string of the molecule is CCOC(=O)c1csc(N2c3nnc(Nc4nc5ccccc5s4)cc3CC2C)n1. The maximum atomic E-state index is 11.9. The van der Waals surface area contributed by atoms with Crippen molar-refractivity contribution in [3.63, 3.8) is 0 Å². The number of nitrogens with zero attached hydrogens (tertiary/aromatic N) is 5. The van der Waals surface area contributed by atoms with Gasteiger partial charge in [0, 0.05) is 17.0 Å². The zero-order chi connectivity index (χ0) is 20.7. The number of aromatic nitrogens is 4. The summed E-state index contributed by atoms with van der Waals surface area (Å²) >= 11 is 2.98. The number of anilines is 4. The lowest BCUT2D eigenvalue weighted by Gasteiger charge is -2.19. The number of fused-ring (bicyclic) bond motifs is 2. The lowest BCUT2D eigenvalue weighted by molar-refractivity contribution is 0.0520. The van der Waals surface area contributed by atoms with Crippen LogP contribution in [0.25, 0.3) is 10.2 Å². The first-order valence-electron chi connectivity index (χ1n) is 9.53. The van der Waals surface area contributed by atoms with E-state index in [9.17, 15) is 4.79 Å². The molecule has 152 valence electrons. The molecular weight excluding hydrogens is 420 g/mol. The highest BCUT2D eigenvalue weighted by molar-refractivity contribution is 7.22. The van der Waals surface area contributed by atoms with Crippen molar-refractivity contribution in [2.45, 2.75) is 26.3 Å². The second-order valence-electron chi connectivity index (χ2n) is 6.85. The van der Waals surface area contributed by atoms with Gasteiger partial charge in [-0.3, -0.25) is 4.90 Å². The van der Waals surface area contributed by atoms with Crippen molar-refractivity contribution < 1.29 is 9.53 Å². The van der Waals surface area contributed by atoms with Crippen LogP contribution in [0.3, 0.4) is 0 Å². The molecule has 10 heteroatoms. The molecule has 0 saturated heterocycles. The summed E-state index contributed by atoms with van der Waals surface area (Å²) in [4.78, 5) is 23.0. The number of hydrogen-bond donors (Lipinski definition) is 1. The van der Waals surface area contributed by atoms with E-state index in [1.807, 2.05) is 35.2 Å². The molecular formula is C20H18N6O2S2. The normalized spacial score (nSPS) is 15.4. The number of nitrogens with one attached hydrogen (secondary N) is 1. The van der Waals surface area contributed by atoms with Gasteiger partial charge in [-0.1, -0.05) is 23.5 Å². The Kier molecular flexibility index (Phi) is 4.80. The highest BCUT2D eigenvalue weighted by atomic mass is 32.1. The van der Waals surface area contributed by atoms with Gasteiger partial charge in [-0.15, -0.1) is 21.5 Å². The summed E-state index contributed by atoms with van der Waals surface area (Å²) in [7, 11) is 0. The van der Waals surface area contributed by atoms with E-state index in [1.54, 1.807) is 23.6 Å². The Morgan fingerprint density at radius 2 is 2.17 bits per heavy atom. The topological polar surface area (TPSA) is 93.1 Å². The van der Waals surface area contributed by atoms with Crippen LogP contribution < -0.4 is 10.2 Å². The molecule has 30 heavy (non-hydrogen) atoms. The highest BCUT2D eigenvalue weighted by Gasteiger charge is 2.32. The summed E-state index contributed by atoms with van der Waals surface area (Å²) in [5, 5.41) is 15.3. The first-order chi connectivity index (χ1) is 14.6. The highest BCUT2D eigenvalue weighted by Crippen LogP contribution is 2.39. The number of esters is 1. The molecule has 1 unspecified atom stereocenters. The summed E-state index contributed by atoms with van der Waals surface area (Å²) in [6.45, 7) is 4.21. The zero-order valence-corrected chi connectivity index (χ0v) is 18.0. The zero-order valence-electron chi connectivity index (χ0n) is 16.3. The van der Waals surface area contributed by atoms with Crippen LogP contribution >= 0.6 is 22.7 Å². The van der Waals surface area contributed by atoms with Gasteiger partial charge in [0.2, 0.25) is 0 Å². The van der Waals surface area contributed by atoms with Crippen molar-refractivity contribution in [3.05, 3.63) is 47.0 Å². The maximum Gasteiger partial charge on any atom is 0.357 e. The molecule has 1 aromatic carbocycles. The number of ether oxygens (including phenoxy) is 1. The average molecular weight is 439 g/mol. The predicted octanol–water partition coefficient (Wildman–Crippen LogP) is 4.55. The molecule has 1 aliphatic rings. The second-order valence-corrected chi connectivity index (χ2v) is 8.72. The van der Waals surface area contributed by atoms with Crippen molar-refractivity contribution >= 4 is 60.8 Å². The van der Waals surface area contributed by atoms with Crippen LogP contribution in [0.5, 0.6) is 0 Å². The van der Waals surface area contributed by atoms with Crippen molar-refractivity contribution in [1.29, 1.82) is 0 Å². The van der Waals surface area contributed by atoms with Gasteiger partial charge < -0.3 is 10.1 Å². The molecule has 0 aliphatic carbocycles. The van der Waals surface area contributed by atoms with E-state index < -0.39 is 5.97 Å². The molecule has 3 aromatic heterocycles. The number of rotatable bonds is 5. The Morgan fingerprint density at radius 3 is 3.00 bits per heavy atom. The fourth-order valence-corrected chi connectivity index (χ4v) is 5.21. The Bertz CT molecular complexity index is 1200. The van der Waals surface area contributed by atoms with E-state index >= 15 is 0 Å². The quantitative estimate of drug-likeness (QED) is 0.454. The standard InChI is InChI=1S/C20H18N6O2S2/c1-3-28-18(27)14-10-29-20(22-14)26-11(2)8-12-9-16(24-25-17(12)26)23-19-21-13-6-4-5-7-15(13)30-19/h4-7,9-11H,3,8H2,1-2H3,(H,21,23,24). The minimum absolute atomic E-state index is 0.160. The van der Waals surface area contributed by atoms with Gasteiger partial charge >= 0.3 is 5.97 Å². The third kappa shape index (κ3) is 3.37. The first kappa shape index (κ1) is 18.9. The van der Waals surface area contributed by atoms with E-state index in [2.05, 4.69) is 32.4 Å². The van der Waals surface area contributed by atoms with Gasteiger partial charge in [0.25, 0.3) is 0 Å². The number of carbonyl (C=O) groups excluding carboxylic acids is 1. The van der Waals surface area contributed by atoms with Crippen LogP contribution in [0.2, 0.25) is 0 Å². The van der Waals surface area contributed by atoms with Gasteiger partial charge in [-0.2, -0.15) is 0 Å². The molecule has 0 fully saturated rings. The number of para-hydroxylation sites is 1. The van der Waals surface area contributed by atoms with Crippen molar-refractivity contribution in [2.24, 2.45) is 0 Å². The van der Waals surface area contributed by atoms with Crippen LogP contribution in [0.1, 0.15) is 29.9 Å². The summed E-state index contributed by atoms with van der Waals surface area (Å²) in [6, 6.07) is 10.2. The molecule has 0 bridgehead atoms. The fraction of sp³-hybridized carbons (Fsp3) is 0.250. The van der Waals surface area contributed by atoms with Gasteiger partial charge in [0.05, 0.1) is 16.8 Å². The van der Waals surface area contributed by atoms with Crippen LogP contribution in [0.15, 0.2) is 35.7 Å².